The molecule has 0 aliphatic heterocycles. The van der Waals surface area contributed by atoms with Crippen molar-refractivity contribution in [2.45, 2.75) is 59.0 Å². The van der Waals surface area contributed by atoms with E-state index in [-0.39, 0.29) is 5.91 Å². The molecule has 1 N–H and O–H groups in total. The molecule has 1 amide bonds. The molecule has 2 aromatic carbocycles. The van der Waals surface area contributed by atoms with Crippen LogP contribution in [-0.2, 0) is 11.2 Å². The first-order valence-electron chi connectivity index (χ1n) is 10.3. The monoisotopic (exact) mass is 383 g/mol. The zero-order valence-corrected chi connectivity index (χ0v) is 17.5. The number of rotatable bonds is 11. The normalized spacial score (nSPS) is 11.9. The van der Waals surface area contributed by atoms with Crippen LogP contribution in [0.25, 0.3) is 0 Å². The lowest BCUT2D eigenvalue weighted by Gasteiger charge is -2.18. The summed E-state index contributed by atoms with van der Waals surface area (Å²) in [5.74, 6) is 1.98. The molecule has 4 heteroatoms. The molecule has 2 rings (SSSR count). The maximum atomic E-state index is 12.4. The van der Waals surface area contributed by atoms with Gasteiger partial charge in [0.25, 0.3) is 5.91 Å². The van der Waals surface area contributed by atoms with Crippen LogP contribution in [0.2, 0.25) is 0 Å². The molecule has 0 aliphatic rings. The summed E-state index contributed by atoms with van der Waals surface area (Å²) in [6.45, 7) is 9.46. The molecule has 152 valence electrons. The van der Waals surface area contributed by atoms with Gasteiger partial charge in [-0.2, -0.15) is 0 Å². The Hall–Kier alpha value is -2.49. The van der Waals surface area contributed by atoms with E-state index in [4.69, 9.17) is 9.47 Å². The Balaban J connectivity index is 1.80. The molecule has 28 heavy (non-hydrogen) atoms. The number of aryl methyl sites for hydroxylation is 1. The van der Waals surface area contributed by atoms with E-state index in [0.29, 0.717) is 12.5 Å². The molecule has 0 saturated carbocycles. The number of amides is 1. The summed E-state index contributed by atoms with van der Waals surface area (Å²) in [7, 11) is 0. The number of carbonyl (C=O) groups is 1. The number of hydrogen-bond donors (Lipinski definition) is 1. The molecule has 0 aliphatic carbocycles. The Bertz CT molecular complexity index is 742. The van der Waals surface area contributed by atoms with Crippen molar-refractivity contribution in [1.29, 1.82) is 0 Å². The fraction of sp³-hybridized carbons (Fsp3) is 0.458. The third-order valence-electron chi connectivity index (χ3n) is 4.57. The average Bonchev–Trinajstić information content (AvgIpc) is 2.70. The van der Waals surface area contributed by atoms with Gasteiger partial charge in [-0.05, 0) is 55.4 Å². The Kier molecular flexibility index (Phi) is 8.86. The molecule has 0 aromatic heterocycles. The molecule has 0 unspecified atom stereocenters. The Labute approximate surface area is 169 Å². The van der Waals surface area contributed by atoms with Gasteiger partial charge in [-0.1, -0.05) is 57.2 Å². The molecule has 0 bridgehead atoms. The quantitative estimate of drug-likeness (QED) is 0.548. The summed E-state index contributed by atoms with van der Waals surface area (Å²) in [5, 5.41) is 2.98. The lowest BCUT2D eigenvalue weighted by Crippen LogP contribution is -2.37. The van der Waals surface area contributed by atoms with Crippen LogP contribution in [0.3, 0.4) is 0 Å². The van der Waals surface area contributed by atoms with E-state index in [1.807, 2.05) is 42.5 Å². The Morgan fingerprint density at radius 1 is 1.00 bits per heavy atom. The first-order valence-corrected chi connectivity index (χ1v) is 10.3. The standard InChI is InChI=1S/C24H33NO3/c1-5-17-27-22-14-8-6-11-20(22)12-10-16-25-24(26)19(4)28-23-15-9-7-13-21(23)18(2)3/h6-9,11,13-15,18-19H,5,10,12,16-17H2,1-4H3,(H,25,26)/t19-/m1/s1. The van der Waals surface area contributed by atoms with Gasteiger partial charge in [0, 0.05) is 6.54 Å². The second-order valence-electron chi connectivity index (χ2n) is 7.30. The van der Waals surface area contributed by atoms with Crippen LogP contribution in [0.5, 0.6) is 11.5 Å². The minimum absolute atomic E-state index is 0.0888. The molecule has 0 saturated heterocycles. The summed E-state index contributed by atoms with van der Waals surface area (Å²) in [4.78, 5) is 12.4. The SMILES string of the molecule is CCCOc1ccccc1CCCNC(=O)[C@@H](C)Oc1ccccc1C(C)C. The molecule has 1 atom stereocenters. The zero-order valence-electron chi connectivity index (χ0n) is 17.5. The molecule has 0 spiro atoms. The highest BCUT2D eigenvalue weighted by atomic mass is 16.5. The second-order valence-corrected chi connectivity index (χ2v) is 7.30. The van der Waals surface area contributed by atoms with E-state index in [1.165, 1.54) is 5.56 Å². The summed E-state index contributed by atoms with van der Waals surface area (Å²) < 4.78 is 11.7. The van der Waals surface area contributed by atoms with Gasteiger partial charge in [0.1, 0.15) is 11.5 Å². The molecule has 0 heterocycles. The van der Waals surface area contributed by atoms with Crippen LogP contribution in [0.15, 0.2) is 48.5 Å². The molecule has 0 radical (unpaired) electrons. The lowest BCUT2D eigenvalue weighted by molar-refractivity contribution is -0.127. The van der Waals surface area contributed by atoms with Crippen LogP contribution in [-0.4, -0.2) is 25.2 Å². The molecular formula is C24H33NO3. The van der Waals surface area contributed by atoms with Crippen molar-refractivity contribution in [3.8, 4) is 11.5 Å². The first kappa shape index (κ1) is 21.8. The van der Waals surface area contributed by atoms with E-state index in [0.717, 1.165) is 42.9 Å². The van der Waals surface area contributed by atoms with Gasteiger partial charge in [0.2, 0.25) is 0 Å². The maximum absolute atomic E-state index is 12.4. The van der Waals surface area contributed by atoms with E-state index >= 15 is 0 Å². The van der Waals surface area contributed by atoms with Gasteiger partial charge in [-0.25, -0.2) is 0 Å². The highest BCUT2D eigenvalue weighted by Crippen LogP contribution is 2.26. The second kappa shape index (κ2) is 11.4. The number of hydrogen-bond acceptors (Lipinski definition) is 3. The van der Waals surface area contributed by atoms with Gasteiger partial charge < -0.3 is 14.8 Å². The molecule has 4 nitrogen and oxygen atoms in total. The van der Waals surface area contributed by atoms with Crippen molar-refractivity contribution < 1.29 is 14.3 Å². The fourth-order valence-electron chi connectivity index (χ4n) is 3.01. The zero-order chi connectivity index (χ0) is 20.4. The third kappa shape index (κ3) is 6.59. The summed E-state index contributed by atoms with van der Waals surface area (Å²) in [6, 6.07) is 16.0. The van der Waals surface area contributed by atoms with E-state index < -0.39 is 6.10 Å². The van der Waals surface area contributed by atoms with Crippen LogP contribution in [0.4, 0.5) is 0 Å². The highest BCUT2D eigenvalue weighted by Gasteiger charge is 2.16. The number of nitrogens with one attached hydrogen (secondary N) is 1. The van der Waals surface area contributed by atoms with Gasteiger partial charge >= 0.3 is 0 Å². The lowest BCUT2D eigenvalue weighted by atomic mass is 10.0. The largest absolute Gasteiger partial charge is 0.493 e. The number of ether oxygens (including phenoxy) is 2. The van der Waals surface area contributed by atoms with Crippen molar-refractivity contribution in [3.63, 3.8) is 0 Å². The smallest absolute Gasteiger partial charge is 0.260 e. The predicted octanol–water partition coefficient (Wildman–Crippen LogP) is 5.12. The van der Waals surface area contributed by atoms with Crippen molar-refractivity contribution in [2.24, 2.45) is 0 Å². The van der Waals surface area contributed by atoms with Crippen molar-refractivity contribution >= 4 is 5.91 Å². The highest BCUT2D eigenvalue weighted by molar-refractivity contribution is 5.80. The molecular weight excluding hydrogens is 350 g/mol. The van der Waals surface area contributed by atoms with Gasteiger partial charge in [-0.3, -0.25) is 4.79 Å². The van der Waals surface area contributed by atoms with Crippen molar-refractivity contribution in [1.82, 2.24) is 5.32 Å². The van der Waals surface area contributed by atoms with Gasteiger partial charge in [0.15, 0.2) is 6.10 Å². The molecule has 2 aromatic rings. The van der Waals surface area contributed by atoms with E-state index in [9.17, 15) is 4.79 Å². The summed E-state index contributed by atoms with van der Waals surface area (Å²) in [6.07, 6.45) is 2.18. The Morgan fingerprint density at radius 3 is 2.39 bits per heavy atom. The average molecular weight is 384 g/mol. The predicted molar refractivity (Wildman–Crippen MR) is 114 cm³/mol. The van der Waals surface area contributed by atoms with Gasteiger partial charge in [0.05, 0.1) is 6.61 Å². The number of benzene rings is 2. The third-order valence-corrected chi connectivity index (χ3v) is 4.57. The summed E-state index contributed by atoms with van der Waals surface area (Å²) in [5.41, 5.74) is 2.30. The van der Waals surface area contributed by atoms with Crippen LogP contribution in [0.1, 0.15) is 57.6 Å². The Morgan fingerprint density at radius 2 is 1.68 bits per heavy atom. The number of carbonyl (C=O) groups excluding carboxylic acids is 1. The van der Waals surface area contributed by atoms with Gasteiger partial charge in [-0.15, -0.1) is 0 Å². The first-order chi connectivity index (χ1) is 13.5. The van der Waals surface area contributed by atoms with Crippen LogP contribution >= 0.6 is 0 Å². The van der Waals surface area contributed by atoms with E-state index in [2.05, 4.69) is 32.2 Å². The topological polar surface area (TPSA) is 47.6 Å². The number of para-hydroxylation sites is 2. The van der Waals surface area contributed by atoms with Crippen molar-refractivity contribution in [3.05, 3.63) is 59.7 Å². The van der Waals surface area contributed by atoms with Crippen molar-refractivity contribution in [2.75, 3.05) is 13.2 Å². The minimum atomic E-state index is -0.528. The molecule has 0 fully saturated rings. The fourth-order valence-corrected chi connectivity index (χ4v) is 3.01. The summed E-state index contributed by atoms with van der Waals surface area (Å²) >= 11 is 0. The van der Waals surface area contributed by atoms with Crippen LogP contribution < -0.4 is 14.8 Å². The minimum Gasteiger partial charge on any atom is -0.493 e. The van der Waals surface area contributed by atoms with E-state index in [1.54, 1.807) is 6.92 Å². The maximum Gasteiger partial charge on any atom is 0.260 e. The van der Waals surface area contributed by atoms with Crippen LogP contribution in [0, 0.1) is 0 Å².